The van der Waals surface area contributed by atoms with Crippen molar-refractivity contribution in [3.05, 3.63) is 24.3 Å². The maximum Gasteiger partial charge on any atom is 1.00 e. The fourth-order valence-corrected chi connectivity index (χ4v) is 1.26. The molecule has 2 rings (SSSR count). The lowest BCUT2D eigenvalue weighted by molar-refractivity contribution is 1.05. The van der Waals surface area contributed by atoms with Gasteiger partial charge in [-0.05, 0) is 12.1 Å². The summed E-state index contributed by atoms with van der Waals surface area (Å²) < 4.78 is 0. The zero-order valence-corrected chi connectivity index (χ0v) is 6.49. The Morgan fingerprint density at radius 1 is 1.45 bits per heavy atom. The maximum absolute atomic E-state index is 4.28. The second kappa shape index (κ2) is 2.38. The number of nitrogens with zero attached hydrogens (tertiary/aromatic N) is 2. The van der Waals surface area contributed by atoms with Gasteiger partial charge in [-0.3, -0.25) is 4.99 Å². The van der Waals surface area contributed by atoms with E-state index in [-0.39, 0.29) is 1.43 Å². The highest BCUT2D eigenvalue weighted by atomic mass is 15.1. The van der Waals surface area contributed by atoms with Gasteiger partial charge < -0.3 is 4.90 Å². The molecule has 0 unspecified atom stereocenters. The van der Waals surface area contributed by atoms with E-state index < -0.39 is 0 Å². The number of anilines is 1. The lowest BCUT2D eigenvalue weighted by Gasteiger charge is -2.21. The van der Waals surface area contributed by atoms with Crippen molar-refractivity contribution in [2.45, 2.75) is 0 Å². The quantitative estimate of drug-likeness (QED) is 0.547. The molecule has 56 valence electrons. The van der Waals surface area contributed by atoms with Gasteiger partial charge in [0, 0.05) is 13.3 Å². The molecule has 1 heterocycles. The second-order valence-corrected chi connectivity index (χ2v) is 2.68. The van der Waals surface area contributed by atoms with Gasteiger partial charge >= 0.3 is 1.43 Å². The molecular formula is C9H11N2+. The third-order valence-electron chi connectivity index (χ3n) is 1.88. The van der Waals surface area contributed by atoms with Crippen LogP contribution in [-0.4, -0.2) is 19.8 Å². The Morgan fingerprint density at radius 2 is 2.27 bits per heavy atom. The van der Waals surface area contributed by atoms with E-state index in [4.69, 9.17) is 0 Å². The van der Waals surface area contributed by atoms with Gasteiger partial charge in [0.1, 0.15) is 0 Å². The molecule has 0 saturated carbocycles. The summed E-state index contributed by atoms with van der Waals surface area (Å²) in [4.78, 5) is 6.46. The van der Waals surface area contributed by atoms with Crippen molar-refractivity contribution in [1.29, 1.82) is 0 Å². The van der Waals surface area contributed by atoms with Crippen LogP contribution in [0, 0.1) is 0 Å². The molecule has 0 N–H and O–H groups in total. The molecule has 0 saturated heterocycles. The Labute approximate surface area is 67.7 Å². The summed E-state index contributed by atoms with van der Waals surface area (Å²) in [6.07, 6.45) is 1.93. The van der Waals surface area contributed by atoms with E-state index in [0.717, 1.165) is 12.2 Å². The van der Waals surface area contributed by atoms with Gasteiger partial charge in [-0.1, -0.05) is 12.1 Å². The van der Waals surface area contributed by atoms with E-state index in [0.29, 0.717) is 0 Å². The van der Waals surface area contributed by atoms with E-state index in [1.165, 1.54) is 5.69 Å². The molecule has 0 radical (unpaired) electrons. The Kier molecular flexibility index (Phi) is 1.39. The van der Waals surface area contributed by atoms with Gasteiger partial charge in [0.15, 0.2) is 0 Å². The molecule has 0 aliphatic carbocycles. The van der Waals surface area contributed by atoms with Crippen LogP contribution < -0.4 is 4.90 Å². The lowest BCUT2D eigenvalue weighted by atomic mass is 10.2. The van der Waals surface area contributed by atoms with Gasteiger partial charge in [0.05, 0.1) is 17.9 Å². The summed E-state index contributed by atoms with van der Waals surface area (Å²) in [6.45, 7) is 0.914. The Hall–Kier alpha value is -1.31. The summed E-state index contributed by atoms with van der Waals surface area (Å²) in [7, 11) is 2.07. The topological polar surface area (TPSA) is 15.6 Å². The van der Waals surface area contributed by atoms with Crippen LogP contribution in [0.5, 0.6) is 0 Å². The fourth-order valence-electron chi connectivity index (χ4n) is 1.26. The number of benzene rings is 1. The van der Waals surface area contributed by atoms with Gasteiger partial charge in [0.25, 0.3) is 0 Å². The first-order chi connectivity index (χ1) is 5.38. The van der Waals surface area contributed by atoms with E-state index in [2.05, 4.69) is 23.0 Å². The van der Waals surface area contributed by atoms with Gasteiger partial charge in [-0.2, -0.15) is 0 Å². The van der Waals surface area contributed by atoms with Crippen molar-refractivity contribution in [3.8, 4) is 0 Å². The van der Waals surface area contributed by atoms with Crippen LogP contribution in [0.4, 0.5) is 11.4 Å². The summed E-state index contributed by atoms with van der Waals surface area (Å²) in [5.41, 5.74) is 2.29. The van der Waals surface area contributed by atoms with E-state index in [9.17, 15) is 0 Å². The molecule has 0 spiro atoms. The third-order valence-corrected chi connectivity index (χ3v) is 1.88. The van der Waals surface area contributed by atoms with E-state index in [1.54, 1.807) is 0 Å². The normalized spacial score (nSPS) is 14.8. The zero-order valence-electron chi connectivity index (χ0n) is 7.49. The highest BCUT2D eigenvalue weighted by Crippen LogP contribution is 2.28. The van der Waals surface area contributed by atoms with E-state index >= 15 is 0 Å². The molecule has 0 atom stereocenters. The number of aliphatic imine (C=N–C) groups is 1. The number of para-hydroxylation sites is 2. The van der Waals surface area contributed by atoms with Gasteiger partial charge in [0.2, 0.25) is 0 Å². The first kappa shape index (κ1) is 6.40. The van der Waals surface area contributed by atoms with Crippen molar-refractivity contribution in [3.63, 3.8) is 0 Å². The minimum Gasteiger partial charge on any atom is -0.368 e. The lowest BCUT2D eigenvalue weighted by Crippen LogP contribution is -2.21. The largest absolute Gasteiger partial charge is 1.00 e. The van der Waals surface area contributed by atoms with E-state index in [1.807, 2.05) is 24.4 Å². The summed E-state index contributed by atoms with van der Waals surface area (Å²) in [6, 6.07) is 8.17. The summed E-state index contributed by atoms with van der Waals surface area (Å²) in [5, 5.41) is 0. The fraction of sp³-hybridized carbons (Fsp3) is 0.222. The number of hydrogen-bond donors (Lipinski definition) is 0. The van der Waals surface area contributed by atoms with Gasteiger partial charge in [-0.25, -0.2) is 0 Å². The molecule has 0 amide bonds. The number of hydrogen-bond acceptors (Lipinski definition) is 2. The first-order valence-electron chi connectivity index (χ1n) is 3.70. The Bertz CT molecular complexity index is 296. The molecule has 1 aromatic rings. The predicted molar refractivity (Wildman–Crippen MR) is 49.0 cm³/mol. The maximum atomic E-state index is 4.28. The van der Waals surface area contributed by atoms with Crippen molar-refractivity contribution >= 4 is 17.6 Å². The van der Waals surface area contributed by atoms with Crippen LogP contribution in [0.1, 0.15) is 1.43 Å². The average Bonchev–Trinajstić information content (AvgIpc) is 2.06. The first-order valence-corrected chi connectivity index (χ1v) is 3.70. The van der Waals surface area contributed by atoms with Crippen LogP contribution in [0.15, 0.2) is 29.3 Å². The molecule has 11 heavy (non-hydrogen) atoms. The van der Waals surface area contributed by atoms with Crippen molar-refractivity contribution in [2.75, 3.05) is 18.5 Å². The molecule has 1 aliphatic heterocycles. The van der Waals surface area contributed by atoms with Crippen LogP contribution in [0.3, 0.4) is 0 Å². The zero-order chi connectivity index (χ0) is 7.68. The second-order valence-electron chi connectivity index (χ2n) is 2.68. The summed E-state index contributed by atoms with van der Waals surface area (Å²) >= 11 is 0. The minimum atomic E-state index is 0. The molecule has 0 fully saturated rings. The highest BCUT2D eigenvalue weighted by Gasteiger charge is 2.07. The van der Waals surface area contributed by atoms with Crippen LogP contribution >= 0.6 is 0 Å². The predicted octanol–water partition coefficient (Wildman–Crippen LogP) is 1.95. The molecule has 2 heteroatoms. The van der Waals surface area contributed by atoms with Crippen molar-refractivity contribution in [1.82, 2.24) is 0 Å². The molecule has 0 aromatic heterocycles. The number of rotatable bonds is 0. The summed E-state index contributed by atoms with van der Waals surface area (Å²) in [5.74, 6) is 0. The molecule has 0 bridgehead atoms. The SMILES string of the molecule is CN1CC=Nc2ccccc21.[H+]. The highest BCUT2D eigenvalue weighted by molar-refractivity contribution is 5.81. The third kappa shape index (κ3) is 1.00. The van der Waals surface area contributed by atoms with Crippen LogP contribution in [0.2, 0.25) is 0 Å². The Morgan fingerprint density at radius 3 is 3.09 bits per heavy atom. The average molecular weight is 147 g/mol. The van der Waals surface area contributed by atoms with Crippen LogP contribution in [-0.2, 0) is 0 Å². The Balaban J connectivity index is 0.000000720. The van der Waals surface area contributed by atoms with Gasteiger partial charge in [-0.15, -0.1) is 0 Å². The molecule has 1 aromatic carbocycles. The smallest absolute Gasteiger partial charge is 0.368 e. The van der Waals surface area contributed by atoms with Crippen molar-refractivity contribution in [2.24, 2.45) is 4.99 Å². The minimum absolute atomic E-state index is 0. The molecular weight excluding hydrogens is 136 g/mol. The number of fused-ring (bicyclic) bond motifs is 1. The molecule has 1 aliphatic rings. The molecule has 2 nitrogen and oxygen atoms in total. The monoisotopic (exact) mass is 147 g/mol. The van der Waals surface area contributed by atoms with Crippen LogP contribution in [0.25, 0.3) is 0 Å². The van der Waals surface area contributed by atoms with Crippen molar-refractivity contribution < 1.29 is 1.43 Å². The standard InChI is InChI=1S/C9H10N2/c1-11-7-6-10-8-4-2-3-5-9(8)11/h2-6H,7H2,1H3/p+1.